The van der Waals surface area contributed by atoms with Gasteiger partial charge in [-0.1, -0.05) is 29.3 Å². The Bertz CT molecular complexity index is 735. The van der Waals surface area contributed by atoms with E-state index in [1.807, 2.05) is 12.1 Å². The summed E-state index contributed by atoms with van der Waals surface area (Å²) in [4.78, 5) is 0. The van der Waals surface area contributed by atoms with Gasteiger partial charge in [0.2, 0.25) is 0 Å². The Labute approximate surface area is 160 Å². The van der Waals surface area contributed by atoms with Crippen molar-refractivity contribution in [3.63, 3.8) is 0 Å². The molecule has 0 unspecified atom stereocenters. The number of ether oxygens (including phenoxy) is 2. The van der Waals surface area contributed by atoms with Crippen LogP contribution in [0.3, 0.4) is 0 Å². The van der Waals surface area contributed by atoms with Gasteiger partial charge in [-0.3, -0.25) is 0 Å². The highest BCUT2D eigenvalue weighted by molar-refractivity contribution is 9.10. The maximum absolute atomic E-state index is 6.04. The highest BCUT2D eigenvalue weighted by Crippen LogP contribution is 2.37. The molecule has 0 spiro atoms. The number of benzene rings is 2. The molecule has 0 bridgehead atoms. The van der Waals surface area contributed by atoms with Crippen LogP contribution in [0.4, 0.5) is 0 Å². The van der Waals surface area contributed by atoms with Crippen molar-refractivity contribution in [2.45, 2.75) is 32.0 Å². The number of hydrogen-bond acceptors (Lipinski definition) is 3. The normalized spacial score (nSPS) is 13.8. The molecule has 0 aromatic heterocycles. The van der Waals surface area contributed by atoms with Crippen LogP contribution in [0.1, 0.15) is 24.0 Å². The summed E-state index contributed by atoms with van der Waals surface area (Å²) in [7, 11) is 1.64. The minimum atomic E-state index is 0.380. The molecule has 0 heterocycles. The molecule has 0 saturated heterocycles. The molecular formula is C18H18BrCl2NO2. The van der Waals surface area contributed by atoms with Gasteiger partial charge >= 0.3 is 0 Å². The Morgan fingerprint density at radius 3 is 2.58 bits per heavy atom. The van der Waals surface area contributed by atoms with Crippen LogP contribution in [0.15, 0.2) is 34.8 Å². The third kappa shape index (κ3) is 4.57. The summed E-state index contributed by atoms with van der Waals surface area (Å²) in [5.41, 5.74) is 2.10. The zero-order valence-corrected chi connectivity index (χ0v) is 16.3. The van der Waals surface area contributed by atoms with Gasteiger partial charge in [0.1, 0.15) is 6.61 Å². The highest BCUT2D eigenvalue weighted by Gasteiger charge is 2.20. The number of halogens is 3. The first-order chi connectivity index (χ1) is 11.6. The van der Waals surface area contributed by atoms with Gasteiger partial charge in [-0.05, 0) is 64.2 Å². The van der Waals surface area contributed by atoms with Crippen molar-refractivity contribution in [3.05, 3.63) is 56.0 Å². The first-order valence-corrected chi connectivity index (χ1v) is 9.28. The van der Waals surface area contributed by atoms with Crippen molar-refractivity contribution >= 4 is 39.1 Å². The molecule has 0 atom stereocenters. The molecule has 2 aromatic carbocycles. The molecular weight excluding hydrogens is 413 g/mol. The van der Waals surface area contributed by atoms with E-state index < -0.39 is 0 Å². The quantitative estimate of drug-likeness (QED) is 0.620. The van der Waals surface area contributed by atoms with E-state index in [0.29, 0.717) is 34.2 Å². The van der Waals surface area contributed by atoms with Gasteiger partial charge in [0.25, 0.3) is 0 Å². The van der Waals surface area contributed by atoms with E-state index in [1.165, 1.54) is 12.8 Å². The van der Waals surface area contributed by atoms with Crippen LogP contribution in [-0.2, 0) is 13.2 Å². The van der Waals surface area contributed by atoms with Crippen LogP contribution in [0.25, 0.3) is 0 Å². The van der Waals surface area contributed by atoms with E-state index in [0.717, 1.165) is 22.1 Å². The minimum Gasteiger partial charge on any atom is -0.493 e. The Balaban J connectivity index is 1.72. The Morgan fingerprint density at radius 1 is 1.12 bits per heavy atom. The maximum atomic E-state index is 6.04. The fraction of sp³-hybridized carbons (Fsp3) is 0.333. The van der Waals surface area contributed by atoms with Crippen molar-refractivity contribution in [2.24, 2.45) is 0 Å². The number of nitrogens with one attached hydrogen (secondary N) is 1. The first-order valence-electron chi connectivity index (χ1n) is 7.73. The van der Waals surface area contributed by atoms with Crippen LogP contribution in [0.5, 0.6) is 11.5 Å². The fourth-order valence-corrected chi connectivity index (χ4v) is 3.27. The van der Waals surface area contributed by atoms with Crippen LogP contribution >= 0.6 is 39.1 Å². The lowest BCUT2D eigenvalue weighted by molar-refractivity contribution is 0.282. The van der Waals surface area contributed by atoms with E-state index >= 15 is 0 Å². The lowest BCUT2D eigenvalue weighted by Gasteiger charge is -2.15. The topological polar surface area (TPSA) is 30.5 Å². The molecule has 0 radical (unpaired) electrons. The van der Waals surface area contributed by atoms with Crippen molar-refractivity contribution in [3.8, 4) is 11.5 Å². The molecule has 1 aliphatic carbocycles. The third-order valence-corrected chi connectivity index (χ3v) is 5.16. The molecule has 24 heavy (non-hydrogen) atoms. The summed E-state index contributed by atoms with van der Waals surface area (Å²) in [6.07, 6.45) is 2.53. The lowest BCUT2D eigenvalue weighted by atomic mass is 10.2. The van der Waals surface area contributed by atoms with Crippen molar-refractivity contribution in [1.29, 1.82) is 0 Å². The van der Waals surface area contributed by atoms with E-state index in [2.05, 4.69) is 27.3 Å². The van der Waals surface area contributed by atoms with Crippen molar-refractivity contribution in [2.75, 3.05) is 7.11 Å². The molecule has 3 rings (SSSR count). The molecule has 2 aromatic rings. The Hall–Kier alpha value is -0.940. The van der Waals surface area contributed by atoms with Gasteiger partial charge < -0.3 is 14.8 Å². The zero-order chi connectivity index (χ0) is 17.1. The molecule has 1 N–H and O–H groups in total. The molecule has 3 nitrogen and oxygen atoms in total. The van der Waals surface area contributed by atoms with E-state index in [-0.39, 0.29) is 0 Å². The zero-order valence-electron chi connectivity index (χ0n) is 13.2. The van der Waals surface area contributed by atoms with Crippen molar-refractivity contribution in [1.82, 2.24) is 5.32 Å². The van der Waals surface area contributed by atoms with E-state index in [1.54, 1.807) is 19.2 Å². The molecule has 0 aliphatic heterocycles. The number of methoxy groups -OCH3 is 1. The predicted octanol–water partition coefficient (Wildman–Crippen LogP) is 5.60. The van der Waals surface area contributed by atoms with Crippen LogP contribution < -0.4 is 14.8 Å². The van der Waals surface area contributed by atoms with Crippen molar-refractivity contribution < 1.29 is 9.47 Å². The smallest absolute Gasteiger partial charge is 0.175 e. The minimum absolute atomic E-state index is 0.380. The van der Waals surface area contributed by atoms with Gasteiger partial charge in [0, 0.05) is 12.6 Å². The monoisotopic (exact) mass is 429 g/mol. The van der Waals surface area contributed by atoms with E-state index in [4.69, 9.17) is 32.7 Å². The highest BCUT2D eigenvalue weighted by atomic mass is 79.9. The standard InChI is InChI=1S/C18H18BrCl2NO2/c1-23-17-8-12(9-22-13-3-4-13)6-14(19)18(17)24-10-11-2-5-15(20)16(21)7-11/h2,5-8,13,22H,3-4,9-10H2,1H3. The number of hydrogen-bond donors (Lipinski definition) is 1. The molecule has 0 amide bonds. The summed E-state index contributed by atoms with van der Waals surface area (Å²) < 4.78 is 12.3. The average molecular weight is 431 g/mol. The van der Waals surface area contributed by atoms with E-state index in [9.17, 15) is 0 Å². The molecule has 6 heteroatoms. The fourth-order valence-electron chi connectivity index (χ4n) is 2.35. The second-order valence-corrected chi connectivity index (χ2v) is 7.47. The summed E-state index contributed by atoms with van der Waals surface area (Å²) in [5.74, 6) is 1.38. The molecule has 1 fully saturated rings. The Morgan fingerprint density at radius 2 is 1.92 bits per heavy atom. The number of rotatable bonds is 7. The second-order valence-electron chi connectivity index (χ2n) is 5.80. The predicted molar refractivity (Wildman–Crippen MR) is 101 cm³/mol. The summed E-state index contributed by atoms with van der Waals surface area (Å²) in [6.45, 7) is 1.21. The second kappa shape index (κ2) is 7.96. The molecule has 128 valence electrons. The summed E-state index contributed by atoms with van der Waals surface area (Å²) in [5, 5.41) is 4.55. The average Bonchev–Trinajstić information content (AvgIpc) is 3.39. The van der Waals surface area contributed by atoms with Gasteiger partial charge in [0.05, 0.1) is 21.6 Å². The van der Waals surface area contributed by atoms with Gasteiger partial charge in [-0.2, -0.15) is 0 Å². The van der Waals surface area contributed by atoms with Crippen LogP contribution in [0.2, 0.25) is 10.0 Å². The van der Waals surface area contributed by atoms with Gasteiger partial charge in [-0.25, -0.2) is 0 Å². The third-order valence-electron chi connectivity index (χ3n) is 3.83. The SMILES string of the molecule is COc1cc(CNC2CC2)cc(Br)c1OCc1ccc(Cl)c(Cl)c1. The summed E-state index contributed by atoms with van der Waals surface area (Å²) >= 11 is 15.6. The van der Waals surface area contributed by atoms with Gasteiger partial charge in [-0.15, -0.1) is 0 Å². The van der Waals surface area contributed by atoms with Crippen LogP contribution in [0, 0.1) is 0 Å². The molecule has 1 aliphatic rings. The molecule has 1 saturated carbocycles. The largest absolute Gasteiger partial charge is 0.493 e. The van der Waals surface area contributed by atoms with Crippen LogP contribution in [-0.4, -0.2) is 13.2 Å². The lowest BCUT2D eigenvalue weighted by Crippen LogP contribution is -2.15. The maximum Gasteiger partial charge on any atom is 0.175 e. The first kappa shape index (κ1) is 17.9. The Kier molecular flexibility index (Phi) is 5.93. The van der Waals surface area contributed by atoms with Gasteiger partial charge in [0.15, 0.2) is 11.5 Å². The summed E-state index contributed by atoms with van der Waals surface area (Å²) in [6, 6.07) is 10.2.